The molecule has 26 heavy (non-hydrogen) atoms. The van der Waals surface area contributed by atoms with Gasteiger partial charge in [0.25, 0.3) is 11.1 Å². The van der Waals surface area contributed by atoms with E-state index in [9.17, 15) is 4.79 Å². The molecule has 0 fully saturated rings. The molecule has 0 bridgehead atoms. The normalized spacial score (nSPS) is 12.0. The molecule has 134 valence electrons. The van der Waals surface area contributed by atoms with Gasteiger partial charge in [0.05, 0.1) is 12.0 Å². The maximum absolute atomic E-state index is 11.9. The van der Waals surface area contributed by atoms with Crippen molar-refractivity contribution in [2.45, 2.75) is 31.4 Å². The second-order valence-electron chi connectivity index (χ2n) is 6.90. The van der Waals surface area contributed by atoms with Crippen molar-refractivity contribution in [3.63, 3.8) is 0 Å². The summed E-state index contributed by atoms with van der Waals surface area (Å²) in [7, 11) is 0. The molecule has 0 aliphatic rings. The first-order valence-corrected chi connectivity index (χ1v) is 9.31. The van der Waals surface area contributed by atoms with Crippen LogP contribution in [0.2, 0.25) is 0 Å². The van der Waals surface area contributed by atoms with E-state index in [1.807, 2.05) is 36.4 Å². The number of carbonyl (C=O) groups excluding carboxylic acids is 1. The van der Waals surface area contributed by atoms with Crippen LogP contribution in [0, 0.1) is 0 Å². The van der Waals surface area contributed by atoms with E-state index in [2.05, 4.69) is 48.4 Å². The number of para-hydroxylation sites is 2. The van der Waals surface area contributed by atoms with E-state index in [4.69, 9.17) is 4.42 Å². The van der Waals surface area contributed by atoms with Gasteiger partial charge in [0.15, 0.2) is 5.58 Å². The minimum absolute atomic E-state index is 0.117. The molecule has 0 saturated heterocycles. The molecule has 1 aromatic heterocycles. The topological polar surface area (TPSA) is 67.5 Å². The van der Waals surface area contributed by atoms with E-state index in [0.717, 1.165) is 11.1 Å². The average molecular weight is 367 g/mol. The molecule has 0 aliphatic heterocycles. The molecule has 0 unspecified atom stereocenters. The molecule has 0 spiro atoms. The van der Waals surface area contributed by atoms with Crippen molar-refractivity contribution in [1.82, 2.24) is 10.4 Å². The third kappa shape index (κ3) is 4.73. The second-order valence-corrected chi connectivity index (χ2v) is 7.83. The third-order valence-corrected chi connectivity index (χ3v) is 4.61. The van der Waals surface area contributed by atoms with Crippen molar-refractivity contribution in [3.8, 4) is 0 Å². The Labute approximate surface area is 156 Å². The number of hydrogen-bond acceptors (Lipinski definition) is 5. The van der Waals surface area contributed by atoms with Gasteiger partial charge in [0.1, 0.15) is 5.52 Å². The van der Waals surface area contributed by atoms with Crippen LogP contribution in [0.25, 0.3) is 11.1 Å². The van der Waals surface area contributed by atoms with Gasteiger partial charge in [-0.1, -0.05) is 68.9 Å². The van der Waals surface area contributed by atoms with Crippen LogP contribution in [-0.2, 0) is 10.2 Å². The fraction of sp³-hybridized carbons (Fsp3) is 0.250. The lowest BCUT2D eigenvalue weighted by Gasteiger charge is -2.18. The van der Waals surface area contributed by atoms with Gasteiger partial charge in [-0.3, -0.25) is 4.79 Å². The summed E-state index contributed by atoms with van der Waals surface area (Å²) in [4.78, 5) is 16.2. The number of hydrazone groups is 1. The summed E-state index contributed by atoms with van der Waals surface area (Å²) in [6.45, 7) is 6.51. The van der Waals surface area contributed by atoms with Crippen LogP contribution < -0.4 is 5.43 Å². The molecule has 3 rings (SSSR count). The van der Waals surface area contributed by atoms with E-state index in [-0.39, 0.29) is 17.1 Å². The van der Waals surface area contributed by atoms with Gasteiger partial charge >= 0.3 is 0 Å². The van der Waals surface area contributed by atoms with Crippen LogP contribution in [0.5, 0.6) is 0 Å². The maximum Gasteiger partial charge on any atom is 0.257 e. The lowest BCUT2D eigenvalue weighted by Crippen LogP contribution is -2.19. The lowest BCUT2D eigenvalue weighted by atomic mass is 9.87. The molecule has 6 heteroatoms. The summed E-state index contributed by atoms with van der Waals surface area (Å²) in [5.41, 5.74) is 6.33. The fourth-order valence-corrected chi connectivity index (χ4v) is 2.95. The van der Waals surface area contributed by atoms with Gasteiger partial charge in [0.2, 0.25) is 0 Å². The van der Waals surface area contributed by atoms with E-state index in [1.54, 1.807) is 6.21 Å². The molecule has 2 aromatic carbocycles. The lowest BCUT2D eigenvalue weighted by molar-refractivity contribution is -0.118. The number of carbonyl (C=O) groups is 1. The van der Waals surface area contributed by atoms with Gasteiger partial charge in [-0.2, -0.15) is 5.10 Å². The number of fused-ring (bicyclic) bond motifs is 1. The summed E-state index contributed by atoms with van der Waals surface area (Å²) < 4.78 is 5.56. The molecule has 1 amide bonds. The van der Waals surface area contributed by atoms with Gasteiger partial charge in [-0.15, -0.1) is 0 Å². The number of aromatic nitrogens is 1. The molecule has 0 aliphatic carbocycles. The Morgan fingerprint density at radius 1 is 1.19 bits per heavy atom. The van der Waals surface area contributed by atoms with Crippen LogP contribution in [0.3, 0.4) is 0 Å². The third-order valence-electron chi connectivity index (χ3n) is 3.78. The second kappa shape index (κ2) is 7.74. The molecule has 5 nitrogen and oxygen atoms in total. The maximum atomic E-state index is 11.9. The van der Waals surface area contributed by atoms with Crippen LogP contribution >= 0.6 is 11.8 Å². The Balaban J connectivity index is 1.49. The summed E-state index contributed by atoms with van der Waals surface area (Å²) in [5.74, 6) is -0.0209. The number of hydrogen-bond donors (Lipinski definition) is 1. The van der Waals surface area contributed by atoms with Crippen molar-refractivity contribution < 1.29 is 9.21 Å². The number of benzene rings is 2. The molecule has 0 atom stereocenters. The first kappa shape index (κ1) is 18.2. The number of oxazole rings is 1. The molecule has 1 heterocycles. The standard InChI is InChI=1S/C20H21N3O2S/c1-20(2,3)15-10-8-14(9-11-15)12-21-23-18(24)13-26-19-22-16-6-4-5-7-17(16)25-19/h4-12H,13H2,1-3H3,(H,23,24). The minimum atomic E-state index is -0.209. The summed E-state index contributed by atoms with van der Waals surface area (Å²) in [6.07, 6.45) is 1.63. The van der Waals surface area contributed by atoms with Crippen molar-refractivity contribution >= 4 is 35.0 Å². The quantitative estimate of drug-likeness (QED) is 0.413. The van der Waals surface area contributed by atoms with E-state index < -0.39 is 0 Å². The van der Waals surface area contributed by atoms with Crippen molar-refractivity contribution in [3.05, 3.63) is 59.7 Å². The van der Waals surface area contributed by atoms with Gasteiger partial charge in [0, 0.05) is 0 Å². The predicted molar refractivity (Wildman–Crippen MR) is 106 cm³/mol. The van der Waals surface area contributed by atoms with E-state index in [1.165, 1.54) is 17.3 Å². The molecule has 0 radical (unpaired) electrons. The summed E-state index contributed by atoms with van der Waals surface area (Å²) >= 11 is 1.24. The van der Waals surface area contributed by atoms with Crippen molar-refractivity contribution in [1.29, 1.82) is 0 Å². The zero-order valence-corrected chi connectivity index (χ0v) is 15.8. The van der Waals surface area contributed by atoms with Crippen LogP contribution in [0.4, 0.5) is 0 Å². The summed E-state index contributed by atoms with van der Waals surface area (Å²) in [5, 5.41) is 4.47. The number of thioether (sulfide) groups is 1. The highest BCUT2D eigenvalue weighted by molar-refractivity contribution is 7.99. The van der Waals surface area contributed by atoms with Crippen molar-refractivity contribution in [2.75, 3.05) is 5.75 Å². The Hall–Kier alpha value is -2.60. The van der Waals surface area contributed by atoms with Crippen LogP contribution in [0.1, 0.15) is 31.9 Å². The van der Waals surface area contributed by atoms with Gasteiger partial charge < -0.3 is 4.42 Å². The Morgan fingerprint density at radius 2 is 1.92 bits per heavy atom. The molecule has 1 N–H and O–H groups in total. The van der Waals surface area contributed by atoms with Crippen molar-refractivity contribution in [2.24, 2.45) is 5.10 Å². The number of amides is 1. The Bertz CT molecular complexity index is 891. The zero-order chi connectivity index (χ0) is 18.6. The highest BCUT2D eigenvalue weighted by Crippen LogP contribution is 2.23. The Morgan fingerprint density at radius 3 is 2.62 bits per heavy atom. The molecule has 0 saturated carbocycles. The molecular formula is C20H21N3O2S. The first-order valence-electron chi connectivity index (χ1n) is 8.33. The smallest absolute Gasteiger partial charge is 0.257 e. The van der Waals surface area contributed by atoms with Crippen LogP contribution in [-0.4, -0.2) is 22.9 Å². The zero-order valence-electron chi connectivity index (χ0n) is 15.0. The van der Waals surface area contributed by atoms with Gasteiger partial charge in [-0.05, 0) is 28.7 Å². The molecular weight excluding hydrogens is 346 g/mol. The minimum Gasteiger partial charge on any atom is -0.431 e. The number of nitrogens with zero attached hydrogens (tertiary/aromatic N) is 2. The summed E-state index contributed by atoms with van der Waals surface area (Å²) in [6, 6.07) is 15.6. The number of rotatable bonds is 5. The number of nitrogens with one attached hydrogen (secondary N) is 1. The predicted octanol–water partition coefficient (Wildman–Crippen LogP) is 4.37. The van der Waals surface area contributed by atoms with E-state index in [0.29, 0.717) is 10.8 Å². The fourth-order valence-electron chi connectivity index (χ4n) is 2.32. The monoisotopic (exact) mass is 367 g/mol. The first-order chi connectivity index (χ1) is 12.4. The largest absolute Gasteiger partial charge is 0.431 e. The van der Waals surface area contributed by atoms with Crippen LogP contribution in [0.15, 0.2) is 63.3 Å². The highest BCUT2D eigenvalue weighted by Gasteiger charge is 2.12. The SMILES string of the molecule is CC(C)(C)c1ccc(C=NNC(=O)CSc2nc3ccccc3o2)cc1. The van der Waals surface area contributed by atoms with E-state index >= 15 is 0 Å². The average Bonchev–Trinajstić information content (AvgIpc) is 3.03. The molecule has 3 aromatic rings. The highest BCUT2D eigenvalue weighted by atomic mass is 32.2. The van der Waals surface area contributed by atoms with Gasteiger partial charge in [-0.25, -0.2) is 10.4 Å². The Kier molecular flexibility index (Phi) is 5.42.